The lowest BCUT2D eigenvalue weighted by atomic mass is 10.0. The lowest BCUT2D eigenvalue weighted by Gasteiger charge is -2.13. The summed E-state index contributed by atoms with van der Waals surface area (Å²) in [5.74, 6) is 0.655. The minimum absolute atomic E-state index is 0.655. The van der Waals surface area contributed by atoms with E-state index in [1.807, 2.05) is 0 Å². The van der Waals surface area contributed by atoms with Crippen molar-refractivity contribution in [3.05, 3.63) is 315 Å². The van der Waals surface area contributed by atoms with Crippen LogP contribution >= 0.6 is 0 Å². The van der Waals surface area contributed by atoms with Crippen molar-refractivity contribution in [1.82, 2.24) is 28.2 Å². The first kappa shape index (κ1) is 49.6. The fraction of sp³-hybridized carbons (Fsp3) is 0. The highest BCUT2D eigenvalue weighted by atomic mass is 15.0. The molecule has 0 radical (unpaired) electrons. The summed E-state index contributed by atoms with van der Waals surface area (Å²) in [7, 11) is 0. The highest BCUT2D eigenvalue weighted by molar-refractivity contribution is 6.15. The van der Waals surface area contributed by atoms with Gasteiger partial charge < -0.3 is 18.3 Å². The largest absolute Gasteiger partial charge is 0.309 e. The van der Waals surface area contributed by atoms with Gasteiger partial charge in [-0.15, -0.1) is 0 Å². The van der Waals surface area contributed by atoms with Crippen molar-refractivity contribution < 1.29 is 0 Å². The fourth-order valence-electron chi connectivity index (χ4n) is 13.9. The number of nitrogens with zero attached hydrogens (tertiary/aromatic N) is 6. The molecule has 0 spiro atoms. The normalized spacial score (nSPS) is 11.9. The topological polar surface area (TPSA) is 45.5 Å². The molecule has 0 saturated carbocycles. The maximum atomic E-state index is 5.47. The number of benzene rings is 13. The lowest BCUT2D eigenvalue weighted by molar-refractivity contribution is 1.15. The zero-order valence-electron chi connectivity index (χ0n) is 47.7. The molecular formula is C82H52N6. The van der Waals surface area contributed by atoms with Crippen molar-refractivity contribution >= 4 is 87.2 Å². The van der Waals surface area contributed by atoms with Crippen molar-refractivity contribution in [1.29, 1.82) is 0 Å². The molecule has 0 aliphatic carbocycles. The Labute approximate surface area is 507 Å². The van der Waals surface area contributed by atoms with Gasteiger partial charge in [0.25, 0.3) is 0 Å². The van der Waals surface area contributed by atoms with Crippen LogP contribution in [0.4, 0.5) is 0 Å². The molecular weight excluding hydrogens is 1070 g/mol. The van der Waals surface area contributed by atoms with Crippen LogP contribution in [0.5, 0.6) is 0 Å². The Morgan fingerprint density at radius 2 is 0.455 bits per heavy atom. The van der Waals surface area contributed by atoms with E-state index in [0.29, 0.717) is 5.82 Å². The molecule has 18 rings (SSSR count). The number of hydrogen-bond acceptors (Lipinski definition) is 2. The molecule has 5 aromatic heterocycles. The first-order chi connectivity index (χ1) is 43.6. The summed E-state index contributed by atoms with van der Waals surface area (Å²) >= 11 is 0. The summed E-state index contributed by atoms with van der Waals surface area (Å²) in [6, 6.07) is 114. The predicted molar refractivity (Wildman–Crippen MR) is 367 cm³/mol. The van der Waals surface area contributed by atoms with E-state index in [0.717, 1.165) is 72.9 Å². The molecule has 0 unspecified atom stereocenters. The third-order valence-corrected chi connectivity index (χ3v) is 17.9. The van der Waals surface area contributed by atoms with Crippen molar-refractivity contribution in [2.45, 2.75) is 0 Å². The number of rotatable bonds is 9. The summed E-state index contributed by atoms with van der Waals surface area (Å²) in [4.78, 5) is 10.8. The molecule has 18 aromatic rings. The SMILES string of the molecule is c1ccc(-c2cc(-c3cccc(-n4c5ccccc5c5cc(-c6ccc7c(c6)c6ccccc6n7-c6ccccc6)ccc54)c3)nc(-c3cccc(-n4c5ccccc5c5cc(-c6ccc7c(c6)c6ccccc6n7-c6ccccc6)ccc54)c3)n2)cc1. The first-order valence-corrected chi connectivity index (χ1v) is 30.0. The number of hydrogen-bond donors (Lipinski definition) is 0. The second-order valence-corrected chi connectivity index (χ2v) is 22.9. The van der Waals surface area contributed by atoms with Crippen molar-refractivity contribution in [3.63, 3.8) is 0 Å². The molecule has 5 heterocycles. The molecule has 0 aliphatic rings. The molecule has 0 aliphatic heterocycles. The molecule has 410 valence electrons. The highest BCUT2D eigenvalue weighted by Gasteiger charge is 2.21. The molecule has 0 saturated heterocycles. The summed E-state index contributed by atoms with van der Waals surface area (Å²) < 4.78 is 9.53. The van der Waals surface area contributed by atoms with E-state index < -0.39 is 0 Å². The molecule has 88 heavy (non-hydrogen) atoms. The van der Waals surface area contributed by atoms with Gasteiger partial charge in [-0.05, 0) is 150 Å². The number of fused-ring (bicyclic) bond motifs is 12. The maximum absolute atomic E-state index is 5.47. The Bertz CT molecular complexity index is 5470. The Morgan fingerprint density at radius 3 is 0.852 bits per heavy atom. The third kappa shape index (κ3) is 7.89. The lowest BCUT2D eigenvalue weighted by Crippen LogP contribution is -1.99. The highest BCUT2D eigenvalue weighted by Crippen LogP contribution is 2.42. The van der Waals surface area contributed by atoms with Crippen LogP contribution < -0.4 is 0 Å². The monoisotopic (exact) mass is 1120 g/mol. The minimum Gasteiger partial charge on any atom is -0.309 e. The quantitative estimate of drug-likeness (QED) is 0.145. The molecule has 6 heteroatoms. The van der Waals surface area contributed by atoms with Gasteiger partial charge in [0.05, 0.1) is 55.5 Å². The predicted octanol–water partition coefficient (Wildman–Crippen LogP) is 21.2. The average Bonchev–Trinajstić information content (AvgIpc) is 2.08. The van der Waals surface area contributed by atoms with Gasteiger partial charge in [-0.3, -0.25) is 0 Å². The van der Waals surface area contributed by atoms with Crippen LogP contribution in [-0.2, 0) is 0 Å². The summed E-state index contributed by atoms with van der Waals surface area (Å²) in [5, 5.41) is 9.74. The molecule has 0 N–H and O–H groups in total. The zero-order valence-corrected chi connectivity index (χ0v) is 47.7. The Hall–Kier alpha value is -11.9. The number of para-hydroxylation sites is 6. The first-order valence-electron chi connectivity index (χ1n) is 30.0. The van der Waals surface area contributed by atoms with E-state index in [-0.39, 0.29) is 0 Å². The van der Waals surface area contributed by atoms with Crippen LogP contribution in [0.2, 0.25) is 0 Å². The van der Waals surface area contributed by atoms with Crippen LogP contribution in [0.15, 0.2) is 315 Å². The van der Waals surface area contributed by atoms with Crippen LogP contribution in [0.25, 0.3) is 166 Å². The minimum atomic E-state index is 0.655. The summed E-state index contributed by atoms with van der Waals surface area (Å²) in [6.45, 7) is 0. The van der Waals surface area contributed by atoms with Crippen LogP contribution in [0.3, 0.4) is 0 Å². The zero-order chi connectivity index (χ0) is 57.8. The van der Waals surface area contributed by atoms with E-state index in [1.165, 1.54) is 87.4 Å². The smallest absolute Gasteiger partial charge is 0.160 e. The molecule has 0 fully saturated rings. The second kappa shape index (κ2) is 19.9. The molecule has 0 amide bonds. The third-order valence-electron chi connectivity index (χ3n) is 17.9. The second-order valence-electron chi connectivity index (χ2n) is 22.9. The van der Waals surface area contributed by atoms with E-state index in [1.54, 1.807) is 0 Å². The van der Waals surface area contributed by atoms with Crippen LogP contribution in [0.1, 0.15) is 0 Å². The van der Waals surface area contributed by atoms with E-state index in [9.17, 15) is 0 Å². The maximum Gasteiger partial charge on any atom is 0.160 e. The molecule has 13 aromatic carbocycles. The summed E-state index contributed by atoms with van der Waals surface area (Å²) in [5.41, 5.74) is 23.1. The van der Waals surface area contributed by atoms with Crippen LogP contribution in [0, 0.1) is 0 Å². The number of aromatic nitrogens is 6. The molecule has 0 bridgehead atoms. The van der Waals surface area contributed by atoms with Crippen molar-refractivity contribution in [2.75, 3.05) is 0 Å². The van der Waals surface area contributed by atoms with E-state index in [4.69, 9.17) is 9.97 Å². The van der Waals surface area contributed by atoms with Crippen molar-refractivity contribution in [3.8, 4) is 78.9 Å². The van der Waals surface area contributed by atoms with Gasteiger partial charge in [0.1, 0.15) is 0 Å². The van der Waals surface area contributed by atoms with Gasteiger partial charge >= 0.3 is 0 Å². The van der Waals surface area contributed by atoms with Gasteiger partial charge in [0.15, 0.2) is 5.82 Å². The van der Waals surface area contributed by atoms with E-state index >= 15 is 0 Å². The van der Waals surface area contributed by atoms with Gasteiger partial charge in [-0.1, -0.05) is 188 Å². The van der Waals surface area contributed by atoms with Gasteiger partial charge in [0, 0.05) is 82.5 Å². The van der Waals surface area contributed by atoms with Gasteiger partial charge in [-0.2, -0.15) is 0 Å². The van der Waals surface area contributed by atoms with Gasteiger partial charge in [-0.25, -0.2) is 9.97 Å². The Morgan fingerprint density at radius 1 is 0.170 bits per heavy atom. The Kier molecular flexibility index (Phi) is 11.2. The van der Waals surface area contributed by atoms with Crippen molar-refractivity contribution in [2.24, 2.45) is 0 Å². The van der Waals surface area contributed by atoms with E-state index in [2.05, 4.69) is 334 Å². The van der Waals surface area contributed by atoms with Crippen LogP contribution in [-0.4, -0.2) is 28.2 Å². The standard InChI is InChI=1S/C82H52N6/c1-4-20-53(21-5-1)72-52-73(58-22-18-28-62(46-58)87-76-36-16-12-32-66(76)70-50-56(40-44-80(70)87)54-38-42-78-68(48-54)64-30-10-14-34-74(64)85(78)60-24-6-2-7-25-60)84-82(83-72)59-23-19-29-63(47-59)88-77-37-17-13-33-67(77)71-51-57(41-45-81(71)88)55-39-43-79-69(49-55)65-31-11-15-35-75(65)86(79)61-26-8-3-9-27-61/h1-52H. The summed E-state index contributed by atoms with van der Waals surface area (Å²) in [6.07, 6.45) is 0. The molecule has 6 nitrogen and oxygen atoms in total. The van der Waals surface area contributed by atoms with Gasteiger partial charge in [0.2, 0.25) is 0 Å². The Balaban J connectivity index is 0.725. The molecule has 0 atom stereocenters. The fourth-order valence-corrected chi connectivity index (χ4v) is 13.9. The average molecular weight is 1120 g/mol.